The lowest BCUT2D eigenvalue weighted by molar-refractivity contribution is -0.140. The van der Waals surface area contributed by atoms with E-state index in [9.17, 15) is 4.79 Å². The summed E-state index contributed by atoms with van der Waals surface area (Å²) in [6.45, 7) is 5.98. The summed E-state index contributed by atoms with van der Waals surface area (Å²) in [5.74, 6) is 0.329. The van der Waals surface area contributed by atoms with Crippen LogP contribution in [0, 0.1) is 11.8 Å². The van der Waals surface area contributed by atoms with Crippen molar-refractivity contribution >= 4 is 5.97 Å². The molecule has 16 heavy (non-hydrogen) atoms. The standard InChI is InChI=1S/C13H20O3/c1-4-5-11-8-9(2)12(10(11)3)13(15)16-7-6-14/h4-5,9,11,14H,6-8H2,1-3H3. The molecule has 1 aliphatic carbocycles. The molecule has 2 unspecified atom stereocenters. The van der Waals surface area contributed by atoms with Gasteiger partial charge in [0, 0.05) is 5.57 Å². The molecule has 0 bridgehead atoms. The first kappa shape index (κ1) is 13.0. The summed E-state index contributed by atoms with van der Waals surface area (Å²) in [5, 5.41) is 8.62. The third-order valence-corrected chi connectivity index (χ3v) is 3.05. The fourth-order valence-corrected chi connectivity index (χ4v) is 2.30. The minimum atomic E-state index is -0.272. The highest BCUT2D eigenvalue weighted by Gasteiger charge is 2.31. The van der Waals surface area contributed by atoms with E-state index in [1.54, 1.807) is 0 Å². The van der Waals surface area contributed by atoms with Crippen LogP contribution in [-0.2, 0) is 9.53 Å². The largest absolute Gasteiger partial charge is 0.460 e. The van der Waals surface area contributed by atoms with Crippen molar-refractivity contribution in [2.45, 2.75) is 27.2 Å². The molecule has 0 heterocycles. The molecule has 0 radical (unpaired) electrons. The molecule has 0 fully saturated rings. The summed E-state index contributed by atoms with van der Waals surface area (Å²) in [7, 11) is 0. The van der Waals surface area contributed by atoms with Crippen LogP contribution < -0.4 is 0 Å². The maximum Gasteiger partial charge on any atom is 0.334 e. The van der Waals surface area contributed by atoms with E-state index < -0.39 is 0 Å². The average Bonchev–Trinajstić information content (AvgIpc) is 2.52. The second kappa shape index (κ2) is 5.85. The number of hydrogen-bond acceptors (Lipinski definition) is 3. The summed E-state index contributed by atoms with van der Waals surface area (Å²) in [5.41, 5.74) is 1.89. The summed E-state index contributed by atoms with van der Waals surface area (Å²) in [6, 6.07) is 0. The first-order valence-electron chi connectivity index (χ1n) is 5.73. The molecule has 0 spiro atoms. The van der Waals surface area contributed by atoms with Gasteiger partial charge in [-0.1, -0.05) is 24.6 Å². The molecule has 0 aliphatic heterocycles. The Kier molecular flexibility index (Phi) is 4.74. The van der Waals surface area contributed by atoms with E-state index in [0.717, 1.165) is 17.6 Å². The predicted octanol–water partition coefficient (Wildman–Crippen LogP) is 2.07. The molecular formula is C13H20O3. The maximum absolute atomic E-state index is 11.8. The van der Waals surface area contributed by atoms with Crippen LogP contribution in [0.1, 0.15) is 27.2 Å². The van der Waals surface area contributed by atoms with Crippen LogP contribution in [-0.4, -0.2) is 24.3 Å². The van der Waals surface area contributed by atoms with E-state index in [0.29, 0.717) is 5.92 Å². The normalized spacial score (nSPS) is 25.5. The molecule has 1 N–H and O–H groups in total. The van der Waals surface area contributed by atoms with Gasteiger partial charge in [0.15, 0.2) is 0 Å². The van der Waals surface area contributed by atoms with Gasteiger partial charge in [-0.3, -0.25) is 0 Å². The number of carbonyl (C=O) groups excluding carboxylic acids is 1. The van der Waals surface area contributed by atoms with Gasteiger partial charge in [0.1, 0.15) is 6.61 Å². The van der Waals surface area contributed by atoms with Gasteiger partial charge in [-0.25, -0.2) is 4.79 Å². The molecule has 2 atom stereocenters. The average molecular weight is 224 g/mol. The van der Waals surface area contributed by atoms with E-state index >= 15 is 0 Å². The van der Waals surface area contributed by atoms with E-state index in [1.807, 2.05) is 26.8 Å². The highest BCUT2D eigenvalue weighted by molar-refractivity contribution is 5.90. The molecule has 0 saturated carbocycles. The number of carbonyl (C=O) groups is 1. The molecular weight excluding hydrogens is 204 g/mol. The van der Waals surface area contributed by atoms with Crippen molar-refractivity contribution in [2.24, 2.45) is 11.8 Å². The number of hydrogen-bond donors (Lipinski definition) is 1. The molecule has 1 rings (SSSR count). The number of esters is 1. The van der Waals surface area contributed by atoms with E-state index in [-0.39, 0.29) is 25.1 Å². The van der Waals surface area contributed by atoms with Crippen molar-refractivity contribution in [3.8, 4) is 0 Å². The lowest BCUT2D eigenvalue weighted by Crippen LogP contribution is -2.14. The molecule has 0 amide bonds. The molecule has 1 aliphatic rings. The number of aliphatic hydroxyl groups excluding tert-OH is 1. The fourth-order valence-electron chi connectivity index (χ4n) is 2.30. The van der Waals surface area contributed by atoms with Crippen molar-refractivity contribution in [2.75, 3.05) is 13.2 Å². The summed E-state index contributed by atoms with van der Waals surface area (Å²) in [6.07, 6.45) is 5.11. The lowest BCUT2D eigenvalue weighted by atomic mass is 10.0. The lowest BCUT2D eigenvalue weighted by Gasteiger charge is -2.08. The Bertz CT molecular complexity index is 315. The highest BCUT2D eigenvalue weighted by atomic mass is 16.5. The number of rotatable bonds is 4. The Labute approximate surface area is 96.8 Å². The monoisotopic (exact) mass is 224 g/mol. The Morgan fingerprint density at radius 1 is 1.62 bits per heavy atom. The fraction of sp³-hybridized carbons (Fsp3) is 0.615. The molecule has 90 valence electrons. The minimum Gasteiger partial charge on any atom is -0.460 e. The quantitative estimate of drug-likeness (QED) is 0.587. The Balaban J connectivity index is 2.80. The van der Waals surface area contributed by atoms with E-state index in [4.69, 9.17) is 9.84 Å². The third-order valence-electron chi connectivity index (χ3n) is 3.05. The molecule has 0 aromatic carbocycles. The predicted molar refractivity (Wildman–Crippen MR) is 62.8 cm³/mol. The smallest absolute Gasteiger partial charge is 0.334 e. The van der Waals surface area contributed by atoms with Crippen LogP contribution in [0.5, 0.6) is 0 Å². The highest BCUT2D eigenvalue weighted by Crippen LogP contribution is 2.37. The molecule has 3 nitrogen and oxygen atoms in total. The topological polar surface area (TPSA) is 46.5 Å². The SMILES string of the molecule is CC=CC1CC(C)C(C(=O)OCCO)=C1C. The molecule has 0 aromatic rings. The number of ether oxygens (including phenoxy) is 1. The Hall–Kier alpha value is -1.09. The second-order valence-corrected chi connectivity index (χ2v) is 4.23. The van der Waals surface area contributed by atoms with Crippen molar-refractivity contribution in [1.82, 2.24) is 0 Å². The molecule has 0 aromatic heterocycles. The van der Waals surface area contributed by atoms with Crippen molar-refractivity contribution in [3.05, 3.63) is 23.3 Å². The number of allylic oxidation sites excluding steroid dienone is 3. The first-order valence-corrected chi connectivity index (χ1v) is 5.73. The maximum atomic E-state index is 11.8. The zero-order valence-electron chi connectivity index (χ0n) is 10.2. The van der Waals surface area contributed by atoms with Gasteiger partial charge < -0.3 is 9.84 Å². The van der Waals surface area contributed by atoms with Gasteiger partial charge in [-0.05, 0) is 32.1 Å². The van der Waals surface area contributed by atoms with Gasteiger partial charge in [0.05, 0.1) is 6.61 Å². The first-order chi connectivity index (χ1) is 7.61. The van der Waals surface area contributed by atoms with Crippen LogP contribution >= 0.6 is 0 Å². The summed E-state index contributed by atoms with van der Waals surface area (Å²) in [4.78, 5) is 11.8. The van der Waals surface area contributed by atoms with Crippen LogP contribution in [0.3, 0.4) is 0 Å². The van der Waals surface area contributed by atoms with Gasteiger partial charge in [-0.2, -0.15) is 0 Å². The zero-order chi connectivity index (χ0) is 12.1. The zero-order valence-corrected chi connectivity index (χ0v) is 10.2. The van der Waals surface area contributed by atoms with E-state index in [2.05, 4.69) is 6.08 Å². The van der Waals surface area contributed by atoms with Crippen molar-refractivity contribution in [3.63, 3.8) is 0 Å². The Morgan fingerprint density at radius 3 is 2.88 bits per heavy atom. The van der Waals surface area contributed by atoms with E-state index in [1.165, 1.54) is 0 Å². The minimum absolute atomic E-state index is 0.0800. The third kappa shape index (κ3) is 2.73. The van der Waals surface area contributed by atoms with Crippen molar-refractivity contribution in [1.29, 1.82) is 0 Å². The van der Waals surface area contributed by atoms with Crippen LogP contribution in [0.2, 0.25) is 0 Å². The molecule has 3 heteroatoms. The van der Waals surface area contributed by atoms with Crippen molar-refractivity contribution < 1.29 is 14.6 Å². The molecule has 0 saturated heterocycles. The number of aliphatic hydroxyl groups is 1. The van der Waals surface area contributed by atoms with Crippen LogP contribution in [0.4, 0.5) is 0 Å². The van der Waals surface area contributed by atoms with Gasteiger partial charge in [0.2, 0.25) is 0 Å². The van der Waals surface area contributed by atoms with Gasteiger partial charge in [0.25, 0.3) is 0 Å². The van der Waals surface area contributed by atoms with Gasteiger partial charge >= 0.3 is 5.97 Å². The summed E-state index contributed by atoms with van der Waals surface area (Å²) < 4.78 is 4.97. The Morgan fingerprint density at radius 2 is 2.31 bits per heavy atom. The van der Waals surface area contributed by atoms with Crippen LogP contribution in [0.15, 0.2) is 23.3 Å². The van der Waals surface area contributed by atoms with Crippen LogP contribution in [0.25, 0.3) is 0 Å². The van der Waals surface area contributed by atoms with Gasteiger partial charge in [-0.15, -0.1) is 0 Å². The second-order valence-electron chi connectivity index (χ2n) is 4.23. The summed E-state index contributed by atoms with van der Waals surface area (Å²) >= 11 is 0.